The lowest BCUT2D eigenvalue weighted by Gasteiger charge is -2.20. The summed E-state index contributed by atoms with van der Waals surface area (Å²) < 4.78 is 15.8. The minimum absolute atomic E-state index is 0.0679. The molecule has 1 aliphatic carbocycles. The molecule has 0 spiro atoms. The molecule has 1 aromatic carbocycles. The van der Waals surface area contributed by atoms with E-state index >= 15 is 0 Å². The molecular weight excluding hydrogens is 398 g/mol. The van der Waals surface area contributed by atoms with Crippen LogP contribution in [0.25, 0.3) is 0 Å². The molecule has 31 heavy (non-hydrogen) atoms. The van der Waals surface area contributed by atoms with Gasteiger partial charge in [-0.3, -0.25) is 9.59 Å². The fraction of sp³-hybridized carbons (Fsp3) is 0.348. The second-order valence-electron chi connectivity index (χ2n) is 7.58. The largest absolute Gasteiger partial charge is 0.497 e. The standard InChI is InChI=1S/C23H25N3O5/c1-29-18-8-4-16(5-9-18)10-11-24-22(27)21-13-20(31-25-21)15-26(23(28)17-6-7-17)14-19-3-2-12-30-19/h2-5,8-9,12-13,17H,6-7,10-11,14-15H2,1H3,(H,24,27). The number of rotatable bonds is 10. The van der Waals surface area contributed by atoms with Gasteiger partial charge in [0.2, 0.25) is 5.91 Å². The van der Waals surface area contributed by atoms with Crippen LogP contribution in [0.15, 0.2) is 57.7 Å². The average Bonchev–Trinajstić information content (AvgIpc) is 3.31. The first kappa shape index (κ1) is 20.7. The Morgan fingerprint density at radius 1 is 1.16 bits per heavy atom. The van der Waals surface area contributed by atoms with Gasteiger partial charge >= 0.3 is 0 Å². The van der Waals surface area contributed by atoms with Crippen LogP contribution < -0.4 is 10.1 Å². The van der Waals surface area contributed by atoms with Crippen molar-refractivity contribution < 1.29 is 23.3 Å². The van der Waals surface area contributed by atoms with E-state index in [1.165, 1.54) is 0 Å². The molecule has 3 aromatic rings. The van der Waals surface area contributed by atoms with Crippen LogP contribution in [0.3, 0.4) is 0 Å². The number of furan rings is 1. The Morgan fingerprint density at radius 2 is 1.94 bits per heavy atom. The molecule has 0 saturated heterocycles. The number of hydrogen-bond donors (Lipinski definition) is 1. The summed E-state index contributed by atoms with van der Waals surface area (Å²) in [6.45, 7) is 1.06. The molecule has 2 amide bonds. The van der Waals surface area contributed by atoms with Gasteiger partial charge in [-0.15, -0.1) is 0 Å². The second-order valence-corrected chi connectivity index (χ2v) is 7.58. The van der Waals surface area contributed by atoms with Crippen LogP contribution in [0.5, 0.6) is 5.75 Å². The highest BCUT2D eigenvalue weighted by Crippen LogP contribution is 2.32. The van der Waals surface area contributed by atoms with Gasteiger partial charge in [0.15, 0.2) is 11.5 Å². The normalized spacial score (nSPS) is 13.1. The number of nitrogens with zero attached hydrogens (tertiary/aromatic N) is 2. The minimum atomic E-state index is -0.311. The van der Waals surface area contributed by atoms with Gasteiger partial charge in [-0.25, -0.2) is 0 Å². The van der Waals surface area contributed by atoms with E-state index in [9.17, 15) is 9.59 Å². The number of carbonyl (C=O) groups is 2. The number of nitrogens with one attached hydrogen (secondary N) is 1. The third-order valence-electron chi connectivity index (χ3n) is 5.16. The van der Waals surface area contributed by atoms with Crippen molar-refractivity contribution in [3.05, 3.63) is 71.5 Å². The molecule has 0 aliphatic heterocycles. The maximum atomic E-state index is 12.6. The van der Waals surface area contributed by atoms with Gasteiger partial charge in [0.1, 0.15) is 11.5 Å². The van der Waals surface area contributed by atoms with E-state index in [1.807, 2.05) is 30.3 Å². The molecule has 8 nitrogen and oxygen atoms in total. The van der Waals surface area contributed by atoms with Crippen molar-refractivity contribution >= 4 is 11.8 Å². The second kappa shape index (κ2) is 9.51. The Bertz CT molecular complexity index is 1010. The number of hydrogen-bond acceptors (Lipinski definition) is 6. The fourth-order valence-electron chi connectivity index (χ4n) is 3.28. The lowest BCUT2D eigenvalue weighted by atomic mass is 10.1. The molecule has 162 valence electrons. The molecule has 1 N–H and O–H groups in total. The Balaban J connectivity index is 1.31. The predicted molar refractivity (Wildman–Crippen MR) is 111 cm³/mol. The molecule has 2 aromatic heterocycles. The predicted octanol–water partition coefficient (Wildman–Crippen LogP) is 3.19. The molecule has 0 atom stereocenters. The van der Waals surface area contributed by atoms with E-state index < -0.39 is 0 Å². The molecular formula is C23H25N3O5. The van der Waals surface area contributed by atoms with Gasteiger partial charge < -0.3 is 23.9 Å². The van der Waals surface area contributed by atoms with Crippen LogP contribution in [-0.2, 0) is 24.3 Å². The highest BCUT2D eigenvalue weighted by atomic mass is 16.5. The zero-order valence-electron chi connectivity index (χ0n) is 17.4. The van der Waals surface area contributed by atoms with Crippen molar-refractivity contribution in [1.29, 1.82) is 0 Å². The zero-order chi connectivity index (χ0) is 21.6. The summed E-state index contributed by atoms with van der Waals surface area (Å²) in [6.07, 6.45) is 4.09. The van der Waals surface area contributed by atoms with Crippen molar-refractivity contribution in [3.8, 4) is 5.75 Å². The van der Waals surface area contributed by atoms with E-state index in [2.05, 4.69) is 10.5 Å². The van der Waals surface area contributed by atoms with Crippen molar-refractivity contribution in [1.82, 2.24) is 15.4 Å². The van der Waals surface area contributed by atoms with Crippen molar-refractivity contribution in [2.75, 3.05) is 13.7 Å². The van der Waals surface area contributed by atoms with Crippen molar-refractivity contribution in [2.45, 2.75) is 32.4 Å². The Kier molecular flexibility index (Phi) is 6.35. The summed E-state index contributed by atoms with van der Waals surface area (Å²) in [5, 5.41) is 6.71. The van der Waals surface area contributed by atoms with Crippen molar-refractivity contribution in [3.63, 3.8) is 0 Å². The Labute approximate surface area is 180 Å². The van der Waals surface area contributed by atoms with Crippen LogP contribution in [0.2, 0.25) is 0 Å². The number of methoxy groups -OCH3 is 1. The summed E-state index contributed by atoms with van der Waals surface area (Å²) in [7, 11) is 1.62. The quantitative estimate of drug-likeness (QED) is 0.538. The van der Waals surface area contributed by atoms with Crippen molar-refractivity contribution in [2.24, 2.45) is 5.92 Å². The van der Waals surface area contributed by atoms with Gasteiger partial charge in [-0.05, 0) is 49.1 Å². The van der Waals surface area contributed by atoms with Gasteiger partial charge in [0, 0.05) is 18.5 Å². The summed E-state index contributed by atoms with van der Waals surface area (Å²) in [5.41, 5.74) is 1.29. The molecule has 1 fully saturated rings. The molecule has 4 rings (SSSR count). The summed E-state index contributed by atoms with van der Waals surface area (Å²) in [4.78, 5) is 26.7. The third-order valence-corrected chi connectivity index (χ3v) is 5.16. The Hall–Kier alpha value is -3.55. The van der Waals surface area contributed by atoms with Crippen LogP contribution in [0.4, 0.5) is 0 Å². The van der Waals surface area contributed by atoms with Gasteiger partial charge in [-0.2, -0.15) is 0 Å². The Morgan fingerprint density at radius 3 is 2.61 bits per heavy atom. The maximum absolute atomic E-state index is 12.6. The monoisotopic (exact) mass is 423 g/mol. The molecule has 2 heterocycles. The molecule has 0 unspecified atom stereocenters. The minimum Gasteiger partial charge on any atom is -0.497 e. The number of benzene rings is 1. The number of aromatic nitrogens is 1. The lowest BCUT2D eigenvalue weighted by molar-refractivity contribution is -0.134. The molecule has 0 radical (unpaired) electrons. The van der Waals surface area contributed by atoms with Crippen LogP contribution in [0, 0.1) is 5.92 Å². The summed E-state index contributed by atoms with van der Waals surface area (Å²) >= 11 is 0. The lowest BCUT2D eigenvalue weighted by Crippen LogP contribution is -2.31. The SMILES string of the molecule is COc1ccc(CCNC(=O)c2cc(CN(Cc3ccco3)C(=O)C3CC3)on2)cc1. The van der Waals surface area contributed by atoms with Gasteiger partial charge in [0.05, 0.1) is 26.5 Å². The zero-order valence-corrected chi connectivity index (χ0v) is 17.4. The topological polar surface area (TPSA) is 97.8 Å². The van der Waals surface area contributed by atoms with Gasteiger partial charge in [0.25, 0.3) is 5.91 Å². The number of ether oxygens (including phenoxy) is 1. The van der Waals surface area contributed by atoms with E-state index in [4.69, 9.17) is 13.7 Å². The van der Waals surface area contributed by atoms with E-state index in [0.717, 1.165) is 24.2 Å². The first-order chi connectivity index (χ1) is 15.1. The summed E-state index contributed by atoms with van der Waals surface area (Å²) in [5.74, 6) is 1.78. The molecule has 1 aliphatic rings. The van der Waals surface area contributed by atoms with Crippen LogP contribution in [0.1, 0.15) is 40.4 Å². The number of amides is 2. The summed E-state index contributed by atoms with van der Waals surface area (Å²) in [6, 6.07) is 12.9. The first-order valence-electron chi connectivity index (χ1n) is 10.3. The average molecular weight is 423 g/mol. The molecule has 8 heteroatoms. The number of carbonyl (C=O) groups excluding carboxylic acids is 2. The van der Waals surface area contributed by atoms with E-state index in [-0.39, 0.29) is 30.0 Å². The highest BCUT2D eigenvalue weighted by Gasteiger charge is 2.34. The van der Waals surface area contributed by atoms with E-state index in [1.54, 1.807) is 30.4 Å². The van der Waals surface area contributed by atoms with E-state index in [0.29, 0.717) is 31.0 Å². The molecule has 1 saturated carbocycles. The van der Waals surface area contributed by atoms with Crippen LogP contribution >= 0.6 is 0 Å². The highest BCUT2D eigenvalue weighted by molar-refractivity contribution is 5.92. The maximum Gasteiger partial charge on any atom is 0.273 e. The fourth-order valence-corrected chi connectivity index (χ4v) is 3.28. The smallest absolute Gasteiger partial charge is 0.273 e. The molecule has 0 bridgehead atoms. The van der Waals surface area contributed by atoms with Crippen LogP contribution in [-0.4, -0.2) is 35.5 Å². The first-order valence-corrected chi connectivity index (χ1v) is 10.3. The third kappa shape index (κ3) is 5.53. The van der Waals surface area contributed by atoms with Gasteiger partial charge in [-0.1, -0.05) is 17.3 Å².